The Morgan fingerprint density at radius 1 is 1.42 bits per heavy atom. The maximum absolute atomic E-state index is 12.0. The summed E-state index contributed by atoms with van der Waals surface area (Å²) in [6.07, 6.45) is 0. The van der Waals surface area contributed by atoms with Crippen molar-refractivity contribution in [2.24, 2.45) is 0 Å². The standard InChI is InChI=1S/C11H16N4O3S/c1-17-8-5-9(18-2)14-11(13-8)15-10(16)7-6-19-4-3-12-7/h5,7,12H,3-4,6H2,1-2H3,(H,13,14,15,16). The SMILES string of the molecule is COc1cc(OC)nc(NC(=O)C2CSCCN2)n1. The van der Waals surface area contributed by atoms with Crippen LogP contribution in [0, 0.1) is 0 Å². The largest absolute Gasteiger partial charge is 0.481 e. The molecule has 2 N–H and O–H groups in total. The zero-order valence-corrected chi connectivity index (χ0v) is 11.6. The van der Waals surface area contributed by atoms with E-state index in [1.807, 2.05) is 0 Å². The Morgan fingerprint density at radius 2 is 2.11 bits per heavy atom. The predicted molar refractivity (Wildman–Crippen MR) is 72.9 cm³/mol. The van der Waals surface area contributed by atoms with E-state index < -0.39 is 0 Å². The normalized spacial score (nSPS) is 18.7. The van der Waals surface area contributed by atoms with Gasteiger partial charge in [0.2, 0.25) is 23.6 Å². The fraction of sp³-hybridized carbons (Fsp3) is 0.545. The highest BCUT2D eigenvalue weighted by molar-refractivity contribution is 7.99. The lowest BCUT2D eigenvalue weighted by Gasteiger charge is -2.21. The van der Waals surface area contributed by atoms with Gasteiger partial charge in [-0.1, -0.05) is 0 Å². The Balaban J connectivity index is 2.06. The summed E-state index contributed by atoms with van der Waals surface area (Å²) in [6, 6.07) is 1.32. The molecular formula is C11H16N4O3S. The summed E-state index contributed by atoms with van der Waals surface area (Å²) in [5.74, 6) is 2.47. The molecule has 8 heteroatoms. The molecule has 0 radical (unpaired) electrons. The third kappa shape index (κ3) is 3.71. The predicted octanol–water partition coefficient (Wildman–Crippen LogP) is 0.137. The molecule has 1 aromatic heterocycles. The van der Waals surface area contributed by atoms with Gasteiger partial charge in [0.25, 0.3) is 0 Å². The van der Waals surface area contributed by atoms with Crippen molar-refractivity contribution in [3.05, 3.63) is 6.07 Å². The maximum Gasteiger partial charge on any atom is 0.244 e. The fourth-order valence-corrected chi connectivity index (χ4v) is 2.53. The van der Waals surface area contributed by atoms with Gasteiger partial charge in [-0.15, -0.1) is 0 Å². The Kier molecular flexibility index (Phi) is 4.80. The van der Waals surface area contributed by atoms with Crippen molar-refractivity contribution in [3.8, 4) is 11.8 Å². The van der Waals surface area contributed by atoms with E-state index in [4.69, 9.17) is 9.47 Å². The van der Waals surface area contributed by atoms with Gasteiger partial charge in [-0.25, -0.2) is 0 Å². The minimum Gasteiger partial charge on any atom is -0.481 e. The molecule has 0 saturated carbocycles. The molecular weight excluding hydrogens is 268 g/mol. The molecule has 2 heterocycles. The number of nitrogens with one attached hydrogen (secondary N) is 2. The zero-order valence-electron chi connectivity index (χ0n) is 10.8. The van der Waals surface area contributed by atoms with E-state index in [0.29, 0.717) is 11.8 Å². The molecule has 1 amide bonds. The molecule has 104 valence electrons. The van der Waals surface area contributed by atoms with Crippen molar-refractivity contribution < 1.29 is 14.3 Å². The van der Waals surface area contributed by atoms with Crippen molar-refractivity contribution in [2.75, 3.05) is 37.6 Å². The quantitative estimate of drug-likeness (QED) is 0.813. The molecule has 1 fully saturated rings. The second-order valence-electron chi connectivity index (χ2n) is 3.85. The fourth-order valence-electron chi connectivity index (χ4n) is 1.60. The first-order chi connectivity index (χ1) is 9.22. The van der Waals surface area contributed by atoms with Crippen LogP contribution in [0.4, 0.5) is 5.95 Å². The first-order valence-corrected chi connectivity index (χ1v) is 6.97. The number of hydrogen-bond donors (Lipinski definition) is 2. The van der Waals surface area contributed by atoms with Crippen LogP contribution in [0.5, 0.6) is 11.8 Å². The van der Waals surface area contributed by atoms with Crippen molar-refractivity contribution >= 4 is 23.6 Å². The van der Waals surface area contributed by atoms with Crippen LogP contribution in [-0.4, -0.2) is 54.2 Å². The number of hydrogen-bond acceptors (Lipinski definition) is 7. The van der Waals surface area contributed by atoms with Crippen LogP contribution >= 0.6 is 11.8 Å². The van der Waals surface area contributed by atoms with Gasteiger partial charge in [-0.05, 0) is 0 Å². The highest BCUT2D eigenvalue weighted by atomic mass is 32.2. The average Bonchev–Trinajstić information content (AvgIpc) is 2.47. The maximum atomic E-state index is 12.0. The number of ether oxygens (including phenoxy) is 2. The first-order valence-electron chi connectivity index (χ1n) is 5.82. The Labute approximate surface area is 115 Å². The first kappa shape index (κ1) is 13.9. The molecule has 1 aliphatic heterocycles. The highest BCUT2D eigenvalue weighted by Gasteiger charge is 2.22. The van der Waals surface area contributed by atoms with E-state index in [1.54, 1.807) is 17.8 Å². The van der Waals surface area contributed by atoms with E-state index in [1.165, 1.54) is 14.2 Å². The van der Waals surface area contributed by atoms with Crippen LogP contribution in [0.2, 0.25) is 0 Å². The van der Waals surface area contributed by atoms with Crippen molar-refractivity contribution in [1.82, 2.24) is 15.3 Å². The Bertz CT molecular complexity index is 429. The number of methoxy groups -OCH3 is 2. The summed E-state index contributed by atoms with van der Waals surface area (Å²) in [7, 11) is 2.99. The minimum absolute atomic E-state index is 0.150. The number of aromatic nitrogens is 2. The Hall–Kier alpha value is -1.54. The minimum atomic E-state index is -0.223. The number of rotatable bonds is 4. The molecule has 1 aromatic rings. The van der Waals surface area contributed by atoms with Crippen LogP contribution < -0.4 is 20.1 Å². The third-order valence-corrected chi connectivity index (χ3v) is 3.63. The monoisotopic (exact) mass is 284 g/mol. The van der Waals surface area contributed by atoms with Crippen LogP contribution in [0.15, 0.2) is 6.07 Å². The second kappa shape index (κ2) is 6.58. The van der Waals surface area contributed by atoms with Crippen molar-refractivity contribution in [1.29, 1.82) is 0 Å². The summed E-state index contributed by atoms with van der Waals surface area (Å²) >= 11 is 1.74. The lowest BCUT2D eigenvalue weighted by molar-refractivity contribution is -0.117. The van der Waals surface area contributed by atoms with Gasteiger partial charge in [0, 0.05) is 18.1 Å². The molecule has 7 nitrogen and oxygen atoms in total. The van der Waals surface area contributed by atoms with Crippen molar-refractivity contribution in [2.45, 2.75) is 6.04 Å². The summed E-state index contributed by atoms with van der Waals surface area (Å²) in [4.78, 5) is 20.1. The number of carbonyl (C=O) groups is 1. The van der Waals surface area contributed by atoms with E-state index in [-0.39, 0.29) is 17.9 Å². The van der Waals surface area contributed by atoms with Gasteiger partial charge >= 0.3 is 0 Å². The summed E-state index contributed by atoms with van der Waals surface area (Å²) in [5, 5.41) is 5.81. The number of anilines is 1. The van der Waals surface area contributed by atoms with Crippen LogP contribution in [0.1, 0.15) is 0 Å². The van der Waals surface area contributed by atoms with E-state index in [9.17, 15) is 4.79 Å². The molecule has 19 heavy (non-hydrogen) atoms. The lowest BCUT2D eigenvalue weighted by Crippen LogP contribution is -2.46. The topological polar surface area (TPSA) is 85.4 Å². The molecule has 1 unspecified atom stereocenters. The Morgan fingerprint density at radius 3 is 2.63 bits per heavy atom. The number of thioether (sulfide) groups is 1. The molecule has 2 rings (SSSR count). The summed E-state index contributed by atoms with van der Waals surface area (Å²) in [5.41, 5.74) is 0. The van der Waals surface area contributed by atoms with Gasteiger partial charge < -0.3 is 14.8 Å². The van der Waals surface area contributed by atoms with Crippen molar-refractivity contribution in [3.63, 3.8) is 0 Å². The van der Waals surface area contributed by atoms with Crippen LogP contribution in [0.25, 0.3) is 0 Å². The molecule has 1 atom stereocenters. The summed E-state index contributed by atoms with van der Waals surface area (Å²) in [6.45, 7) is 0.824. The number of nitrogens with zero attached hydrogens (tertiary/aromatic N) is 2. The van der Waals surface area contributed by atoms with Crippen LogP contribution in [-0.2, 0) is 4.79 Å². The molecule has 1 aliphatic rings. The zero-order chi connectivity index (χ0) is 13.7. The number of carbonyl (C=O) groups excluding carboxylic acids is 1. The molecule has 0 aliphatic carbocycles. The van der Waals surface area contributed by atoms with Gasteiger partial charge in [0.15, 0.2) is 0 Å². The second-order valence-corrected chi connectivity index (χ2v) is 5.00. The third-order valence-electron chi connectivity index (χ3n) is 2.57. The lowest BCUT2D eigenvalue weighted by atomic mass is 10.3. The van der Waals surface area contributed by atoms with Gasteiger partial charge in [-0.3, -0.25) is 10.1 Å². The number of amides is 1. The molecule has 0 spiro atoms. The van der Waals surface area contributed by atoms with E-state index in [2.05, 4.69) is 20.6 Å². The highest BCUT2D eigenvalue weighted by Crippen LogP contribution is 2.17. The van der Waals surface area contributed by atoms with Gasteiger partial charge in [0.1, 0.15) is 0 Å². The van der Waals surface area contributed by atoms with E-state index >= 15 is 0 Å². The molecule has 0 bridgehead atoms. The summed E-state index contributed by atoms with van der Waals surface area (Å²) < 4.78 is 10.0. The molecule has 0 aromatic carbocycles. The van der Waals surface area contributed by atoms with Gasteiger partial charge in [0.05, 0.1) is 26.3 Å². The van der Waals surface area contributed by atoms with Gasteiger partial charge in [-0.2, -0.15) is 21.7 Å². The molecule has 1 saturated heterocycles. The smallest absolute Gasteiger partial charge is 0.244 e. The van der Waals surface area contributed by atoms with Crippen LogP contribution in [0.3, 0.4) is 0 Å². The average molecular weight is 284 g/mol. The van der Waals surface area contributed by atoms with E-state index in [0.717, 1.165) is 18.1 Å².